The molecule has 1 aromatic rings. The number of hydrogen-bond donors (Lipinski definition) is 2. The molecule has 2 N–H and O–H groups in total. The number of carbonyl (C=O) groups is 1. The molecule has 3 nitrogen and oxygen atoms in total. The lowest BCUT2D eigenvalue weighted by Crippen LogP contribution is -2.26. The zero-order chi connectivity index (χ0) is 15.6. The van der Waals surface area contributed by atoms with E-state index in [1.807, 2.05) is 25.1 Å². The molecule has 0 saturated carbocycles. The predicted molar refractivity (Wildman–Crippen MR) is 87.9 cm³/mol. The van der Waals surface area contributed by atoms with E-state index in [9.17, 15) is 9.90 Å². The Morgan fingerprint density at radius 3 is 2.48 bits per heavy atom. The largest absolute Gasteiger partial charge is 0.481 e. The Kier molecular flexibility index (Phi) is 8.13. The molecule has 21 heavy (non-hydrogen) atoms. The molecule has 0 aliphatic heterocycles. The van der Waals surface area contributed by atoms with Crippen LogP contribution in [0, 0.1) is 0 Å². The summed E-state index contributed by atoms with van der Waals surface area (Å²) in [4.78, 5) is 11.3. The van der Waals surface area contributed by atoms with Crippen molar-refractivity contribution in [1.82, 2.24) is 5.32 Å². The molecule has 1 atom stereocenters. The summed E-state index contributed by atoms with van der Waals surface area (Å²) in [7, 11) is 6.01. The van der Waals surface area contributed by atoms with Gasteiger partial charge in [0.05, 0.1) is 7.85 Å². The first-order chi connectivity index (χ1) is 10.1. The van der Waals surface area contributed by atoms with Gasteiger partial charge in [-0.05, 0) is 44.3 Å². The summed E-state index contributed by atoms with van der Waals surface area (Å²) < 4.78 is 0. The highest BCUT2D eigenvalue weighted by atomic mass is 16.4. The second-order valence-corrected chi connectivity index (χ2v) is 5.65. The van der Waals surface area contributed by atoms with Gasteiger partial charge in [0.1, 0.15) is 0 Å². The minimum atomic E-state index is -1.06. The van der Waals surface area contributed by atoms with Crippen LogP contribution in [0.3, 0.4) is 0 Å². The fourth-order valence-corrected chi connectivity index (χ4v) is 2.36. The second kappa shape index (κ2) is 9.61. The summed E-state index contributed by atoms with van der Waals surface area (Å²) >= 11 is 0. The maximum Gasteiger partial charge on any atom is 0.300 e. The Labute approximate surface area is 129 Å². The summed E-state index contributed by atoms with van der Waals surface area (Å²) in [5, 5.41) is 11.6. The quantitative estimate of drug-likeness (QED) is 0.485. The number of carboxylic acid groups (broad SMARTS) is 1. The summed E-state index contributed by atoms with van der Waals surface area (Å²) in [6, 6.07) is 10.3. The SMILES string of the molecule is [B]C(CCCC)(CCCNCCc1ccccc1)C(=O)O. The highest BCUT2D eigenvalue weighted by Gasteiger charge is 2.30. The van der Waals surface area contributed by atoms with Crippen LogP contribution in [0.4, 0.5) is 0 Å². The van der Waals surface area contributed by atoms with Crippen LogP contribution < -0.4 is 5.32 Å². The van der Waals surface area contributed by atoms with E-state index in [4.69, 9.17) is 7.85 Å². The van der Waals surface area contributed by atoms with Gasteiger partial charge in [-0.25, -0.2) is 0 Å². The number of carboxylic acids is 1. The summed E-state index contributed by atoms with van der Waals surface area (Å²) in [6.07, 6.45) is 4.71. The molecule has 4 heteroatoms. The lowest BCUT2D eigenvalue weighted by atomic mass is 9.63. The highest BCUT2D eigenvalue weighted by molar-refractivity contribution is 6.26. The summed E-state index contributed by atoms with van der Waals surface area (Å²) in [5.74, 6) is -0.875. The zero-order valence-corrected chi connectivity index (χ0v) is 13.0. The Hall–Kier alpha value is -1.29. The van der Waals surface area contributed by atoms with Crippen molar-refractivity contribution in [3.05, 3.63) is 35.9 Å². The molecule has 1 unspecified atom stereocenters. The van der Waals surface area contributed by atoms with E-state index in [1.54, 1.807) is 0 Å². The van der Waals surface area contributed by atoms with Crippen LogP contribution in [0.15, 0.2) is 30.3 Å². The molecule has 0 bridgehead atoms. The Bertz CT molecular complexity index is 411. The van der Waals surface area contributed by atoms with Crippen molar-refractivity contribution in [2.75, 3.05) is 13.1 Å². The molecule has 1 rings (SSSR count). The van der Waals surface area contributed by atoms with E-state index < -0.39 is 11.3 Å². The van der Waals surface area contributed by atoms with Crippen molar-refractivity contribution in [2.45, 2.75) is 50.8 Å². The first-order valence-electron chi connectivity index (χ1n) is 7.85. The van der Waals surface area contributed by atoms with Crippen LogP contribution in [0.1, 0.15) is 44.6 Å². The van der Waals surface area contributed by atoms with E-state index in [0.29, 0.717) is 12.8 Å². The fourth-order valence-electron chi connectivity index (χ4n) is 2.36. The summed E-state index contributed by atoms with van der Waals surface area (Å²) in [5.41, 5.74) is 1.31. The predicted octanol–water partition coefficient (Wildman–Crippen LogP) is 3.20. The fraction of sp³-hybridized carbons (Fsp3) is 0.588. The molecule has 0 heterocycles. The average Bonchev–Trinajstić information content (AvgIpc) is 2.49. The van der Waals surface area contributed by atoms with Gasteiger partial charge in [0.2, 0.25) is 0 Å². The van der Waals surface area contributed by atoms with Crippen molar-refractivity contribution in [1.29, 1.82) is 0 Å². The molecule has 0 aliphatic rings. The molecule has 0 aromatic heterocycles. The van der Waals surface area contributed by atoms with Crippen molar-refractivity contribution in [3.8, 4) is 0 Å². The minimum absolute atomic E-state index is 0.528. The Balaban J connectivity index is 2.18. The maximum atomic E-state index is 11.3. The Morgan fingerprint density at radius 1 is 1.19 bits per heavy atom. The highest BCUT2D eigenvalue weighted by Crippen LogP contribution is 2.34. The van der Waals surface area contributed by atoms with E-state index in [2.05, 4.69) is 17.4 Å². The lowest BCUT2D eigenvalue weighted by molar-refractivity contribution is -0.141. The van der Waals surface area contributed by atoms with Crippen LogP contribution in [-0.4, -0.2) is 32.0 Å². The van der Waals surface area contributed by atoms with Gasteiger partial charge in [0, 0.05) is 5.31 Å². The van der Waals surface area contributed by atoms with Gasteiger partial charge < -0.3 is 10.4 Å². The van der Waals surface area contributed by atoms with Crippen LogP contribution in [0.5, 0.6) is 0 Å². The van der Waals surface area contributed by atoms with Crippen LogP contribution in [0.25, 0.3) is 0 Å². The molecule has 114 valence electrons. The molecule has 0 fully saturated rings. The van der Waals surface area contributed by atoms with E-state index >= 15 is 0 Å². The lowest BCUT2D eigenvalue weighted by Gasteiger charge is -2.25. The van der Waals surface area contributed by atoms with Gasteiger partial charge in [-0.2, -0.15) is 0 Å². The first-order valence-corrected chi connectivity index (χ1v) is 7.85. The molecule has 1 aromatic carbocycles. The normalized spacial score (nSPS) is 13.8. The first kappa shape index (κ1) is 17.8. The van der Waals surface area contributed by atoms with Crippen LogP contribution in [0.2, 0.25) is 5.31 Å². The van der Waals surface area contributed by atoms with E-state index in [0.717, 1.165) is 38.8 Å². The molecule has 0 spiro atoms. The second-order valence-electron chi connectivity index (χ2n) is 5.65. The number of unbranched alkanes of at least 4 members (excludes halogenated alkanes) is 1. The third-order valence-corrected chi connectivity index (χ3v) is 3.81. The van der Waals surface area contributed by atoms with Crippen molar-refractivity contribution >= 4 is 13.8 Å². The molecule has 2 radical (unpaired) electrons. The molecular formula is C17H26BNO2. The van der Waals surface area contributed by atoms with Gasteiger partial charge in [0.15, 0.2) is 0 Å². The maximum absolute atomic E-state index is 11.3. The van der Waals surface area contributed by atoms with Crippen LogP contribution in [-0.2, 0) is 11.2 Å². The number of aliphatic carboxylic acids is 1. The molecule has 0 saturated heterocycles. The minimum Gasteiger partial charge on any atom is -0.481 e. The third kappa shape index (κ3) is 6.81. The number of benzene rings is 1. The monoisotopic (exact) mass is 287 g/mol. The van der Waals surface area contributed by atoms with E-state index in [1.165, 1.54) is 5.56 Å². The average molecular weight is 287 g/mol. The smallest absolute Gasteiger partial charge is 0.300 e. The topological polar surface area (TPSA) is 49.3 Å². The van der Waals surface area contributed by atoms with Gasteiger partial charge in [-0.15, -0.1) is 0 Å². The van der Waals surface area contributed by atoms with Gasteiger partial charge in [0.25, 0.3) is 0 Å². The van der Waals surface area contributed by atoms with Crippen molar-refractivity contribution < 1.29 is 9.90 Å². The van der Waals surface area contributed by atoms with Crippen molar-refractivity contribution in [2.24, 2.45) is 0 Å². The number of rotatable bonds is 11. The van der Waals surface area contributed by atoms with E-state index in [-0.39, 0.29) is 0 Å². The van der Waals surface area contributed by atoms with Gasteiger partial charge >= 0.3 is 5.97 Å². The molecular weight excluding hydrogens is 261 g/mol. The van der Waals surface area contributed by atoms with Gasteiger partial charge in [-0.1, -0.05) is 50.1 Å². The zero-order valence-electron chi connectivity index (χ0n) is 13.0. The molecule has 0 amide bonds. The standard InChI is InChI=1S/C17H26BNO2/c1-2-3-11-17(18,16(20)21)12-7-13-19-14-10-15-8-5-4-6-9-15/h4-6,8-9,19H,2-3,7,10-14H2,1H3,(H,20,21). The summed E-state index contributed by atoms with van der Waals surface area (Å²) in [6.45, 7) is 3.77. The van der Waals surface area contributed by atoms with Gasteiger partial charge in [-0.3, -0.25) is 4.79 Å². The van der Waals surface area contributed by atoms with Crippen molar-refractivity contribution in [3.63, 3.8) is 0 Å². The Morgan fingerprint density at radius 2 is 1.86 bits per heavy atom. The number of nitrogens with one attached hydrogen (secondary N) is 1. The van der Waals surface area contributed by atoms with Crippen LogP contribution >= 0.6 is 0 Å². The number of hydrogen-bond acceptors (Lipinski definition) is 2. The molecule has 0 aliphatic carbocycles. The third-order valence-electron chi connectivity index (χ3n) is 3.81.